The first-order valence-electron chi connectivity index (χ1n) is 5.44. The van der Waals surface area contributed by atoms with Gasteiger partial charge >= 0.3 is 5.69 Å². The summed E-state index contributed by atoms with van der Waals surface area (Å²) in [7, 11) is -4.00. The van der Waals surface area contributed by atoms with Gasteiger partial charge in [-0.3, -0.25) is 15.0 Å². The molecule has 19 heavy (non-hydrogen) atoms. The first-order chi connectivity index (χ1) is 8.84. The van der Waals surface area contributed by atoms with E-state index in [9.17, 15) is 22.9 Å². The third kappa shape index (κ3) is 2.44. The van der Waals surface area contributed by atoms with Gasteiger partial charge in [-0.15, -0.1) is 0 Å². The SMILES string of the molecule is Cc1cc(F)c([N+](=O)[O-])cc1S(=O)(=O)N1CCCO1. The number of nitro benzene ring substituents is 1. The van der Waals surface area contributed by atoms with Crippen molar-refractivity contribution < 1.29 is 22.6 Å². The number of aryl methyl sites for hydroxylation is 1. The topological polar surface area (TPSA) is 89.8 Å². The summed E-state index contributed by atoms with van der Waals surface area (Å²) in [4.78, 5) is 14.3. The quantitative estimate of drug-likeness (QED) is 0.619. The summed E-state index contributed by atoms with van der Waals surface area (Å²) < 4.78 is 38.5. The molecule has 0 saturated carbocycles. The molecular formula is C10H11FN2O5S. The number of nitro groups is 1. The molecule has 1 heterocycles. The fourth-order valence-corrected chi connectivity index (χ4v) is 3.31. The Morgan fingerprint density at radius 1 is 1.47 bits per heavy atom. The number of sulfonamides is 1. The largest absolute Gasteiger partial charge is 0.306 e. The van der Waals surface area contributed by atoms with E-state index in [1.165, 1.54) is 6.92 Å². The van der Waals surface area contributed by atoms with Gasteiger partial charge in [0.1, 0.15) is 0 Å². The predicted octanol–water partition coefficient (Wildman–Crippen LogP) is 1.37. The molecule has 2 rings (SSSR count). The summed E-state index contributed by atoms with van der Waals surface area (Å²) in [5.41, 5.74) is -0.776. The summed E-state index contributed by atoms with van der Waals surface area (Å²) in [5.74, 6) is -1.07. The number of halogens is 1. The molecule has 1 saturated heterocycles. The van der Waals surface area contributed by atoms with E-state index in [1.807, 2.05) is 0 Å². The molecule has 0 N–H and O–H groups in total. The molecular weight excluding hydrogens is 279 g/mol. The van der Waals surface area contributed by atoms with Crippen LogP contribution in [0.2, 0.25) is 0 Å². The highest BCUT2D eigenvalue weighted by Gasteiger charge is 2.32. The molecule has 1 aromatic carbocycles. The van der Waals surface area contributed by atoms with Crippen molar-refractivity contribution in [3.63, 3.8) is 0 Å². The summed E-state index contributed by atoms with van der Waals surface area (Å²) in [6.45, 7) is 1.81. The van der Waals surface area contributed by atoms with Crippen molar-refractivity contribution in [2.75, 3.05) is 13.2 Å². The lowest BCUT2D eigenvalue weighted by Gasteiger charge is -2.15. The van der Waals surface area contributed by atoms with E-state index < -0.39 is 26.5 Å². The molecule has 1 aliphatic heterocycles. The van der Waals surface area contributed by atoms with E-state index in [0.717, 1.165) is 16.6 Å². The van der Waals surface area contributed by atoms with Crippen molar-refractivity contribution in [1.82, 2.24) is 4.47 Å². The summed E-state index contributed by atoms with van der Waals surface area (Å²) in [5, 5.41) is 10.7. The Morgan fingerprint density at radius 3 is 2.68 bits per heavy atom. The van der Waals surface area contributed by atoms with Crippen molar-refractivity contribution in [3.8, 4) is 0 Å². The molecule has 0 unspecified atom stereocenters. The molecule has 7 nitrogen and oxygen atoms in total. The molecule has 1 aromatic rings. The van der Waals surface area contributed by atoms with Gasteiger partial charge in [-0.25, -0.2) is 8.42 Å². The standard InChI is InChI=1S/C10H11FN2O5S/c1-7-5-8(11)9(13(14)15)6-10(7)19(16,17)12-3-2-4-18-12/h5-6H,2-4H2,1H3. The van der Waals surface area contributed by atoms with Gasteiger partial charge in [0.15, 0.2) is 0 Å². The van der Waals surface area contributed by atoms with E-state index in [0.29, 0.717) is 6.42 Å². The molecule has 1 aliphatic rings. The second kappa shape index (κ2) is 4.83. The smallest absolute Gasteiger partial charge is 0.284 e. The number of rotatable bonds is 3. The van der Waals surface area contributed by atoms with E-state index in [1.54, 1.807) is 0 Å². The molecule has 1 fully saturated rings. The van der Waals surface area contributed by atoms with E-state index in [-0.39, 0.29) is 23.6 Å². The average molecular weight is 290 g/mol. The summed E-state index contributed by atoms with van der Waals surface area (Å²) >= 11 is 0. The number of nitrogens with zero attached hydrogens (tertiary/aromatic N) is 2. The van der Waals surface area contributed by atoms with Crippen LogP contribution in [0.3, 0.4) is 0 Å². The molecule has 0 spiro atoms. The molecule has 0 radical (unpaired) electrons. The van der Waals surface area contributed by atoms with Gasteiger partial charge in [-0.1, -0.05) is 4.47 Å². The number of hydroxylamine groups is 1. The maximum Gasteiger partial charge on any atom is 0.306 e. The van der Waals surface area contributed by atoms with Gasteiger partial charge in [0, 0.05) is 12.6 Å². The maximum atomic E-state index is 13.4. The fraction of sp³-hybridized carbons (Fsp3) is 0.400. The van der Waals surface area contributed by atoms with Crippen LogP contribution in [0.25, 0.3) is 0 Å². The van der Waals surface area contributed by atoms with Gasteiger partial charge in [0.2, 0.25) is 5.82 Å². The molecule has 0 atom stereocenters. The highest BCUT2D eigenvalue weighted by atomic mass is 32.2. The van der Waals surface area contributed by atoms with E-state index >= 15 is 0 Å². The zero-order valence-electron chi connectivity index (χ0n) is 10.00. The monoisotopic (exact) mass is 290 g/mol. The molecule has 0 aliphatic carbocycles. The lowest BCUT2D eigenvalue weighted by molar-refractivity contribution is -0.387. The van der Waals surface area contributed by atoms with Crippen molar-refractivity contribution in [3.05, 3.63) is 33.6 Å². The van der Waals surface area contributed by atoms with Gasteiger partial charge in [-0.05, 0) is 25.0 Å². The van der Waals surface area contributed by atoms with Crippen LogP contribution in [-0.4, -0.2) is 31.0 Å². The van der Waals surface area contributed by atoms with Gasteiger partial charge in [-0.2, -0.15) is 4.39 Å². The highest BCUT2D eigenvalue weighted by Crippen LogP contribution is 2.28. The van der Waals surface area contributed by atoms with Crippen molar-refractivity contribution in [2.24, 2.45) is 0 Å². The van der Waals surface area contributed by atoms with Crippen LogP contribution in [0.1, 0.15) is 12.0 Å². The summed E-state index contributed by atoms with van der Waals surface area (Å²) in [6, 6.07) is 1.56. The minimum absolute atomic E-state index is 0.0959. The van der Waals surface area contributed by atoms with Crippen molar-refractivity contribution >= 4 is 15.7 Å². The third-order valence-electron chi connectivity index (χ3n) is 2.71. The molecule has 0 aromatic heterocycles. The lowest BCUT2D eigenvalue weighted by Crippen LogP contribution is -2.27. The molecule has 9 heteroatoms. The Labute approximate surface area is 108 Å². The van der Waals surface area contributed by atoms with Crippen LogP contribution in [0, 0.1) is 22.9 Å². The number of hydrogen-bond donors (Lipinski definition) is 0. The van der Waals surface area contributed by atoms with E-state index in [2.05, 4.69) is 0 Å². The molecule has 104 valence electrons. The summed E-state index contributed by atoms with van der Waals surface area (Å²) in [6.07, 6.45) is 0.543. The van der Waals surface area contributed by atoms with Crippen LogP contribution < -0.4 is 0 Å². The van der Waals surface area contributed by atoms with Crippen LogP contribution in [0.5, 0.6) is 0 Å². The van der Waals surface area contributed by atoms with Crippen molar-refractivity contribution in [1.29, 1.82) is 0 Å². The normalized spacial score (nSPS) is 16.7. The second-order valence-corrected chi connectivity index (χ2v) is 5.84. The minimum atomic E-state index is -4.00. The fourth-order valence-electron chi connectivity index (χ4n) is 1.78. The Kier molecular flexibility index (Phi) is 3.52. The third-order valence-corrected chi connectivity index (χ3v) is 4.53. The van der Waals surface area contributed by atoms with Gasteiger partial charge < -0.3 is 0 Å². The molecule has 0 amide bonds. The number of hydrogen-bond acceptors (Lipinski definition) is 5. The Hall–Kier alpha value is -1.58. The zero-order chi connectivity index (χ0) is 14.2. The van der Waals surface area contributed by atoms with Crippen LogP contribution >= 0.6 is 0 Å². The average Bonchev–Trinajstić information content (AvgIpc) is 2.81. The Bertz CT molecular complexity index is 625. The minimum Gasteiger partial charge on any atom is -0.284 e. The Morgan fingerprint density at radius 2 is 2.16 bits per heavy atom. The van der Waals surface area contributed by atoms with E-state index in [4.69, 9.17) is 4.84 Å². The van der Waals surface area contributed by atoms with Crippen LogP contribution in [0.15, 0.2) is 17.0 Å². The maximum absolute atomic E-state index is 13.4. The van der Waals surface area contributed by atoms with Crippen LogP contribution in [-0.2, 0) is 14.9 Å². The lowest BCUT2D eigenvalue weighted by atomic mass is 10.2. The first-order valence-corrected chi connectivity index (χ1v) is 6.88. The Balaban J connectivity index is 2.55. The molecule has 0 bridgehead atoms. The highest BCUT2D eigenvalue weighted by molar-refractivity contribution is 7.89. The van der Waals surface area contributed by atoms with Crippen molar-refractivity contribution in [2.45, 2.75) is 18.2 Å². The first kappa shape index (κ1) is 13.8. The zero-order valence-corrected chi connectivity index (χ0v) is 10.8. The number of benzene rings is 1. The van der Waals surface area contributed by atoms with Gasteiger partial charge in [0.25, 0.3) is 10.0 Å². The van der Waals surface area contributed by atoms with Gasteiger partial charge in [0.05, 0.1) is 16.4 Å². The van der Waals surface area contributed by atoms with Crippen LogP contribution in [0.4, 0.5) is 10.1 Å². The predicted molar refractivity (Wildman–Crippen MR) is 62.3 cm³/mol. The second-order valence-electron chi connectivity index (χ2n) is 4.04.